The summed E-state index contributed by atoms with van der Waals surface area (Å²) in [6, 6.07) is 29.3. The summed E-state index contributed by atoms with van der Waals surface area (Å²) in [5, 5.41) is 4.78. The van der Waals surface area contributed by atoms with Gasteiger partial charge in [0.25, 0.3) is 0 Å². The molecule has 2 N–H and O–H groups in total. The van der Waals surface area contributed by atoms with E-state index in [9.17, 15) is 4.79 Å². The molecule has 0 unspecified atom stereocenters. The number of H-pyrrole nitrogens is 1. The third-order valence-corrected chi connectivity index (χ3v) is 6.68. The lowest BCUT2D eigenvalue weighted by atomic mass is 9.87. The second-order valence-electron chi connectivity index (χ2n) is 8.86. The molecule has 2 heterocycles. The number of hydrogen-bond donors (Lipinski definition) is 2. The van der Waals surface area contributed by atoms with E-state index in [1.807, 2.05) is 24.0 Å². The smallest absolute Gasteiger partial charge is 0.239 e. The number of nitrogens with zero attached hydrogens (tertiary/aromatic N) is 1. The molecule has 5 rings (SSSR count). The Bertz CT molecular complexity index is 1230. The van der Waals surface area contributed by atoms with Crippen LogP contribution in [0.1, 0.15) is 24.0 Å². The molecule has 0 spiro atoms. The summed E-state index contributed by atoms with van der Waals surface area (Å²) < 4.78 is 5.41. The molecule has 2 atom stereocenters. The molecule has 1 aliphatic rings. The number of aromatic amines is 1. The maximum Gasteiger partial charge on any atom is 0.239 e. The Morgan fingerprint density at radius 2 is 1.59 bits per heavy atom. The molecule has 34 heavy (non-hydrogen) atoms. The van der Waals surface area contributed by atoms with Gasteiger partial charge in [-0.05, 0) is 29.7 Å². The van der Waals surface area contributed by atoms with Gasteiger partial charge in [-0.15, -0.1) is 0 Å². The van der Waals surface area contributed by atoms with E-state index in [0.29, 0.717) is 32.8 Å². The quantitative estimate of drug-likeness (QED) is 0.423. The molecular formula is C29H31N3O2. The summed E-state index contributed by atoms with van der Waals surface area (Å²) in [6.07, 6.45) is 0. The Hall–Kier alpha value is -3.41. The molecule has 0 bridgehead atoms. The van der Waals surface area contributed by atoms with Crippen molar-refractivity contribution in [1.82, 2.24) is 15.2 Å². The van der Waals surface area contributed by atoms with Gasteiger partial charge in [0.2, 0.25) is 5.91 Å². The van der Waals surface area contributed by atoms with E-state index in [-0.39, 0.29) is 17.9 Å². The molecule has 1 amide bonds. The molecular weight excluding hydrogens is 422 g/mol. The fourth-order valence-corrected chi connectivity index (χ4v) is 4.87. The number of carbonyl (C=O) groups excluding carboxylic acids is 1. The Morgan fingerprint density at radius 3 is 2.32 bits per heavy atom. The molecule has 1 aromatic heterocycles. The van der Waals surface area contributed by atoms with E-state index < -0.39 is 0 Å². The lowest BCUT2D eigenvalue weighted by molar-refractivity contribution is -0.137. The largest absolute Gasteiger partial charge is 0.378 e. The summed E-state index contributed by atoms with van der Waals surface area (Å²) in [5.74, 6) is 0.213. The van der Waals surface area contributed by atoms with Gasteiger partial charge < -0.3 is 19.9 Å². The van der Waals surface area contributed by atoms with E-state index >= 15 is 0 Å². The molecule has 1 fully saturated rings. The Kier molecular flexibility index (Phi) is 6.74. The van der Waals surface area contributed by atoms with Gasteiger partial charge in [0.15, 0.2) is 0 Å². The van der Waals surface area contributed by atoms with Crippen LogP contribution in [0.3, 0.4) is 0 Å². The third-order valence-electron chi connectivity index (χ3n) is 6.68. The monoisotopic (exact) mass is 453 g/mol. The highest BCUT2D eigenvalue weighted by Gasteiger charge is 2.26. The van der Waals surface area contributed by atoms with Gasteiger partial charge in [-0.2, -0.15) is 0 Å². The van der Waals surface area contributed by atoms with Crippen LogP contribution in [-0.4, -0.2) is 54.7 Å². The minimum Gasteiger partial charge on any atom is -0.378 e. The van der Waals surface area contributed by atoms with Crippen LogP contribution in [0.25, 0.3) is 22.2 Å². The predicted molar refractivity (Wildman–Crippen MR) is 137 cm³/mol. The molecule has 1 saturated heterocycles. The van der Waals surface area contributed by atoms with Gasteiger partial charge in [0.05, 0.1) is 24.9 Å². The second kappa shape index (κ2) is 10.2. The summed E-state index contributed by atoms with van der Waals surface area (Å²) in [7, 11) is 0. The number of carbonyl (C=O) groups is 1. The van der Waals surface area contributed by atoms with Crippen LogP contribution >= 0.6 is 0 Å². The normalized spacial score (nSPS) is 15.9. The fraction of sp³-hybridized carbons (Fsp3) is 0.276. The number of para-hydroxylation sites is 1. The summed E-state index contributed by atoms with van der Waals surface area (Å²) in [5.41, 5.74) is 5.89. The minimum atomic E-state index is -0.269. The van der Waals surface area contributed by atoms with Gasteiger partial charge >= 0.3 is 0 Å². The highest BCUT2D eigenvalue weighted by atomic mass is 16.5. The van der Waals surface area contributed by atoms with Crippen LogP contribution in [0.2, 0.25) is 0 Å². The van der Waals surface area contributed by atoms with Gasteiger partial charge in [-0.3, -0.25) is 4.79 Å². The van der Waals surface area contributed by atoms with E-state index in [0.717, 1.165) is 16.8 Å². The van der Waals surface area contributed by atoms with Gasteiger partial charge in [-0.25, -0.2) is 0 Å². The van der Waals surface area contributed by atoms with Crippen molar-refractivity contribution in [3.63, 3.8) is 0 Å². The molecule has 3 aromatic carbocycles. The Labute approximate surface area is 200 Å². The first-order valence-electron chi connectivity index (χ1n) is 12.0. The standard InChI is InChI=1S/C29H31N3O2/c1-21(29(33)32-16-18-34-19-17-32)30-20-25(22-10-4-2-5-11-22)27-24-14-8-9-15-26(24)31-28(27)23-12-6-3-7-13-23/h2-15,21,25,30-31H,16-20H2,1H3/t21-,25-/m0/s1. The first-order chi connectivity index (χ1) is 16.7. The summed E-state index contributed by atoms with van der Waals surface area (Å²) in [4.78, 5) is 18.6. The van der Waals surface area contributed by atoms with Crippen molar-refractivity contribution in [1.29, 1.82) is 0 Å². The van der Waals surface area contributed by atoms with Crippen molar-refractivity contribution >= 4 is 16.8 Å². The van der Waals surface area contributed by atoms with Gasteiger partial charge in [-0.1, -0.05) is 78.9 Å². The summed E-state index contributed by atoms with van der Waals surface area (Å²) >= 11 is 0. The third kappa shape index (κ3) is 4.63. The molecule has 4 aromatic rings. The number of morpholine rings is 1. The average Bonchev–Trinajstić information content (AvgIpc) is 3.29. The Morgan fingerprint density at radius 1 is 0.941 bits per heavy atom. The zero-order valence-electron chi connectivity index (χ0n) is 19.5. The molecule has 174 valence electrons. The van der Waals surface area contributed by atoms with E-state index in [2.05, 4.69) is 83.1 Å². The number of benzene rings is 3. The van der Waals surface area contributed by atoms with Crippen LogP contribution in [0.4, 0.5) is 0 Å². The van der Waals surface area contributed by atoms with Crippen molar-refractivity contribution in [3.8, 4) is 11.3 Å². The summed E-state index contributed by atoms with van der Waals surface area (Å²) in [6.45, 7) is 5.17. The van der Waals surface area contributed by atoms with Crippen molar-refractivity contribution < 1.29 is 9.53 Å². The van der Waals surface area contributed by atoms with Crippen LogP contribution in [-0.2, 0) is 9.53 Å². The number of ether oxygens (including phenoxy) is 1. The van der Waals surface area contributed by atoms with Gasteiger partial charge in [0.1, 0.15) is 0 Å². The van der Waals surface area contributed by atoms with E-state index in [1.165, 1.54) is 16.5 Å². The highest BCUT2D eigenvalue weighted by Crippen LogP contribution is 2.38. The zero-order valence-corrected chi connectivity index (χ0v) is 19.5. The van der Waals surface area contributed by atoms with Crippen LogP contribution < -0.4 is 5.32 Å². The fourth-order valence-electron chi connectivity index (χ4n) is 4.87. The maximum absolute atomic E-state index is 13.0. The van der Waals surface area contributed by atoms with E-state index in [1.54, 1.807) is 0 Å². The first kappa shape index (κ1) is 22.4. The van der Waals surface area contributed by atoms with Crippen LogP contribution in [0, 0.1) is 0 Å². The predicted octanol–water partition coefficient (Wildman–Crippen LogP) is 4.80. The van der Waals surface area contributed by atoms with Crippen molar-refractivity contribution in [2.75, 3.05) is 32.8 Å². The van der Waals surface area contributed by atoms with Gasteiger partial charge in [0, 0.05) is 36.5 Å². The SMILES string of the molecule is C[C@H](NC[C@@H](c1ccccc1)c1c(-c2ccccc2)[nH]c2ccccc12)C(=O)N1CCOCC1. The second-order valence-corrected chi connectivity index (χ2v) is 8.86. The van der Waals surface area contributed by atoms with Crippen LogP contribution in [0.5, 0.6) is 0 Å². The number of aromatic nitrogens is 1. The molecule has 0 aliphatic carbocycles. The Balaban J connectivity index is 1.51. The molecule has 5 heteroatoms. The topological polar surface area (TPSA) is 57.4 Å². The molecule has 0 radical (unpaired) electrons. The number of rotatable bonds is 7. The lowest BCUT2D eigenvalue weighted by Gasteiger charge is -2.30. The molecule has 5 nitrogen and oxygen atoms in total. The van der Waals surface area contributed by atoms with Crippen molar-refractivity contribution in [2.24, 2.45) is 0 Å². The van der Waals surface area contributed by atoms with Crippen molar-refractivity contribution in [2.45, 2.75) is 18.9 Å². The maximum atomic E-state index is 13.0. The molecule has 1 aliphatic heterocycles. The zero-order chi connectivity index (χ0) is 23.3. The van der Waals surface area contributed by atoms with E-state index in [4.69, 9.17) is 4.74 Å². The van der Waals surface area contributed by atoms with Crippen molar-refractivity contribution in [3.05, 3.63) is 96.1 Å². The lowest BCUT2D eigenvalue weighted by Crippen LogP contribution is -2.49. The number of hydrogen-bond acceptors (Lipinski definition) is 3. The average molecular weight is 454 g/mol. The highest BCUT2D eigenvalue weighted by molar-refractivity contribution is 5.92. The number of nitrogens with one attached hydrogen (secondary N) is 2. The molecule has 0 saturated carbocycles. The minimum absolute atomic E-state index is 0.0764. The van der Waals surface area contributed by atoms with Crippen LogP contribution in [0.15, 0.2) is 84.9 Å². The number of amides is 1. The number of fused-ring (bicyclic) bond motifs is 1. The first-order valence-corrected chi connectivity index (χ1v) is 12.0.